The van der Waals surface area contributed by atoms with E-state index < -0.39 is 10.0 Å². The van der Waals surface area contributed by atoms with Crippen molar-refractivity contribution in [1.82, 2.24) is 0 Å². The van der Waals surface area contributed by atoms with E-state index in [0.29, 0.717) is 6.54 Å². The van der Waals surface area contributed by atoms with E-state index in [1.807, 2.05) is 42.5 Å². The number of benzene rings is 2. The third-order valence-electron chi connectivity index (χ3n) is 2.72. The van der Waals surface area contributed by atoms with Gasteiger partial charge in [-0.25, -0.2) is 13.6 Å². The highest BCUT2D eigenvalue weighted by Gasteiger charge is 2.05. The van der Waals surface area contributed by atoms with Crippen molar-refractivity contribution in [3.05, 3.63) is 66.2 Å². The van der Waals surface area contributed by atoms with Gasteiger partial charge in [-0.2, -0.15) is 0 Å². The maximum atomic E-state index is 11.1. The van der Waals surface area contributed by atoms with E-state index >= 15 is 0 Å². The van der Waals surface area contributed by atoms with E-state index in [2.05, 4.69) is 5.32 Å². The lowest BCUT2D eigenvalue weighted by Crippen LogP contribution is -2.12. The minimum atomic E-state index is -3.62. The molecule has 0 aliphatic heterocycles. The van der Waals surface area contributed by atoms with Crippen molar-refractivity contribution >= 4 is 21.8 Å². The average molecular weight is 288 g/mol. The first-order valence-electron chi connectivity index (χ1n) is 6.14. The second-order valence-electron chi connectivity index (χ2n) is 4.26. The summed E-state index contributed by atoms with van der Waals surface area (Å²) in [6.07, 6.45) is 4.02. The van der Waals surface area contributed by atoms with Gasteiger partial charge in [0, 0.05) is 12.2 Å². The Labute approximate surface area is 119 Å². The lowest BCUT2D eigenvalue weighted by atomic mass is 10.2. The number of hydrogen-bond acceptors (Lipinski definition) is 3. The van der Waals surface area contributed by atoms with Crippen molar-refractivity contribution in [2.24, 2.45) is 5.14 Å². The molecule has 104 valence electrons. The van der Waals surface area contributed by atoms with Crippen LogP contribution in [-0.4, -0.2) is 15.0 Å². The molecule has 0 aromatic heterocycles. The van der Waals surface area contributed by atoms with Gasteiger partial charge in [-0.1, -0.05) is 42.5 Å². The molecule has 3 N–H and O–H groups in total. The van der Waals surface area contributed by atoms with Crippen LogP contribution in [0.25, 0.3) is 6.08 Å². The van der Waals surface area contributed by atoms with Crippen molar-refractivity contribution in [1.29, 1.82) is 0 Å². The van der Waals surface area contributed by atoms with Crippen molar-refractivity contribution in [3.8, 4) is 0 Å². The Morgan fingerprint density at radius 3 is 2.25 bits per heavy atom. The summed E-state index contributed by atoms with van der Waals surface area (Å²) in [4.78, 5) is 0.114. The summed E-state index contributed by atoms with van der Waals surface area (Å²) in [5.74, 6) is 0. The zero-order valence-electron chi connectivity index (χ0n) is 10.9. The molecule has 0 heterocycles. The molecule has 20 heavy (non-hydrogen) atoms. The average Bonchev–Trinajstić information content (AvgIpc) is 2.44. The first-order valence-corrected chi connectivity index (χ1v) is 7.69. The third-order valence-corrected chi connectivity index (χ3v) is 3.65. The van der Waals surface area contributed by atoms with Crippen LogP contribution in [0.5, 0.6) is 0 Å². The third kappa shape index (κ3) is 4.22. The molecular formula is C15H16N2O2S. The number of nitrogens with one attached hydrogen (secondary N) is 1. The van der Waals surface area contributed by atoms with Crippen LogP contribution < -0.4 is 10.5 Å². The van der Waals surface area contributed by atoms with E-state index in [4.69, 9.17) is 5.14 Å². The number of hydrogen-bond donors (Lipinski definition) is 2. The van der Waals surface area contributed by atoms with E-state index in [0.717, 1.165) is 11.3 Å². The van der Waals surface area contributed by atoms with Crippen molar-refractivity contribution < 1.29 is 8.42 Å². The van der Waals surface area contributed by atoms with Crippen LogP contribution in [0.4, 0.5) is 5.69 Å². The molecule has 0 bridgehead atoms. The fraction of sp³-hybridized carbons (Fsp3) is 0.0667. The highest BCUT2D eigenvalue weighted by molar-refractivity contribution is 7.89. The van der Waals surface area contributed by atoms with Gasteiger partial charge < -0.3 is 5.32 Å². The lowest BCUT2D eigenvalue weighted by Gasteiger charge is -2.04. The van der Waals surface area contributed by atoms with Crippen LogP contribution in [-0.2, 0) is 10.0 Å². The Morgan fingerprint density at radius 1 is 1.00 bits per heavy atom. The van der Waals surface area contributed by atoms with Crippen LogP contribution >= 0.6 is 0 Å². The Morgan fingerprint density at radius 2 is 1.65 bits per heavy atom. The topological polar surface area (TPSA) is 72.2 Å². The monoisotopic (exact) mass is 288 g/mol. The molecule has 0 spiro atoms. The Bertz CT molecular complexity index is 678. The summed E-state index contributed by atoms with van der Waals surface area (Å²) >= 11 is 0. The SMILES string of the molecule is NS(=O)(=O)c1ccc(NCC=Cc2ccccc2)cc1. The van der Waals surface area contributed by atoms with Crippen molar-refractivity contribution in [2.45, 2.75) is 4.90 Å². The Balaban J connectivity index is 1.90. The largest absolute Gasteiger partial charge is 0.382 e. The van der Waals surface area contributed by atoms with E-state index in [1.165, 1.54) is 12.1 Å². The number of rotatable bonds is 5. The minimum absolute atomic E-state index is 0.114. The predicted octanol–water partition coefficient (Wildman–Crippen LogP) is 2.46. The summed E-state index contributed by atoms with van der Waals surface area (Å²) in [5.41, 5.74) is 1.98. The summed E-state index contributed by atoms with van der Waals surface area (Å²) in [6, 6.07) is 16.3. The van der Waals surface area contributed by atoms with Gasteiger partial charge in [0.25, 0.3) is 0 Å². The molecule has 0 saturated heterocycles. The number of nitrogens with two attached hydrogens (primary N) is 1. The molecule has 2 aromatic carbocycles. The van der Waals surface area contributed by atoms with E-state index in [9.17, 15) is 8.42 Å². The van der Waals surface area contributed by atoms with Crippen LogP contribution in [0, 0.1) is 0 Å². The predicted molar refractivity (Wildman–Crippen MR) is 81.8 cm³/mol. The van der Waals surface area contributed by atoms with Gasteiger partial charge in [-0.05, 0) is 29.8 Å². The van der Waals surface area contributed by atoms with Gasteiger partial charge in [-0.3, -0.25) is 0 Å². The molecular weight excluding hydrogens is 272 g/mol. The highest BCUT2D eigenvalue weighted by atomic mass is 32.2. The van der Waals surface area contributed by atoms with Crippen LogP contribution in [0.2, 0.25) is 0 Å². The number of anilines is 1. The summed E-state index contributed by atoms with van der Waals surface area (Å²) in [7, 11) is -3.62. The first-order chi connectivity index (χ1) is 9.55. The van der Waals surface area contributed by atoms with Crippen LogP contribution in [0.1, 0.15) is 5.56 Å². The zero-order chi connectivity index (χ0) is 14.4. The molecule has 0 aliphatic carbocycles. The van der Waals surface area contributed by atoms with Gasteiger partial charge in [0.05, 0.1) is 4.90 Å². The molecule has 0 atom stereocenters. The molecule has 4 nitrogen and oxygen atoms in total. The van der Waals surface area contributed by atoms with Gasteiger partial charge in [0.1, 0.15) is 0 Å². The molecule has 0 fully saturated rings. The molecule has 2 aromatic rings. The second kappa shape index (κ2) is 6.36. The quantitative estimate of drug-likeness (QED) is 0.887. The van der Waals surface area contributed by atoms with Crippen molar-refractivity contribution in [3.63, 3.8) is 0 Å². The van der Waals surface area contributed by atoms with Crippen molar-refractivity contribution in [2.75, 3.05) is 11.9 Å². The molecule has 0 radical (unpaired) electrons. The van der Waals surface area contributed by atoms with Gasteiger partial charge in [-0.15, -0.1) is 0 Å². The summed E-state index contributed by atoms with van der Waals surface area (Å²) in [6.45, 7) is 0.656. The fourth-order valence-electron chi connectivity index (χ4n) is 1.70. The Kier molecular flexibility index (Phi) is 4.55. The van der Waals surface area contributed by atoms with Gasteiger partial charge >= 0.3 is 0 Å². The summed E-state index contributed by atoms with van der Waals surface area (Å²) < 4.78 is 22.2. The fourth-order valence-corrected chi connectivity index (χ4v) is 2.21. The van der Waals surface area contributed by atoms with E-state index in [-0.39, 0.29) is 4.90 Å². The maximum absolute atomic E-state index is 11.1. The molecule has 0 unspecified atom stereocenters. The van der Waals surface area contributed by atoms with Crippen LogP contribution in [0.3, 0.4) is 0 Å². The lowest BCUT2D eigenvalue weighted by molar-refractivity contribution is 0.598. The normalized spacial score (nSPS) is 11.7. The molecule has 0 aliphatic rings. The smallest absolute Gasteiger partial charge is 0.238 e. The Hall–Kier alpha value is -2.11. The standard InChI is InChI=1S/C15H16N2O2S/c16-20(18,19)15-10-8-14(9-11-15)17-12-4-7-13-5-2-1-3-6-13/h1-11,17H,12H2,(H2,16,18,19). The second-order valence-corrected chi connectivity index (χ2v) is 5.82. The highest BCUT2D eigenvalue weighted by Crippen LogP contribution is 2.12. The van der Waals surface area contributed by atoms with Gasteiger partial charge in [0.2, 0.25) is 10.0 Å². The number of primary sulfonamides is 1. The molecule has 2 rings (SSSR count). The zero-order valence-corrected chi connectivity index (χ0v) is 11.7. The summed E-state index contributed by atoms with van der Waals surface area (Å²) in [5, 5.41) is 8.20. The first kappa shape index (κ1) is 14.3. The van der Waals surface area contributed by atoms with Crippen LogP contribution in [0.15, 0.2) is 65.6 Å². The minimum Gasteiger partial charge on any atom is -0.382 e. The van der Waals surface area contributed by atoms with Gasteiger partial charge in [0.15, 0.2) is 0 Å². The molecule has 0 amide bonds. The molecule has 5 heteroatoms. The maximum Gasteiger partial charge on any atom is 0.238 e. The van der Waals surface area contributed by atoms with E-state index in [1.54, 1.807) is 12.1 Å². The molecule has 0 saturated carbocycles. The number of sulfonamides is 1.